The third-order valence-electron chi connectivity index (χ3n) is 4.50. The molecule has 146 valence electrons. The van der Waals surface area contributed by atoms with E-state index in [1.54, 1.807) is 6.20 Å². The van der Waals surface area contributed by atoms with Crippen LogP contribution in [0.25, 0.3) is 11.3 Å². The van der Waals surface area contributed by atoms with E-state index in [2.05, 4.69) is 36.3 Å². The van der Waals surface area contributed by atoms with Crippen molar-refractivity contribution in [2.45, 2.75) is 39.2 Å². The van der Waals surface area contributed by atoms with Crippen molar-refractivity contribution < 1.29 is 9.21 Å². The Kier molecular flexibility index (Phi) is 6.88. The lowest BCUT2D eigenvalue weighted by atomic mass is 9.97. The van der Waals surface area contributed by atoms with Gasteiger partial charge in [-0.25, -0.2) is 4.98 Å². The summed E-state index contributed by atoms with van der Waals surface area (Å²) in [6.07, 6.45) is 3.31. The zero-order valence-corrected chi connectivity index (χ0v) is 16.9. The van der Waals surface area contributed by atoms with E-state index in [1.807, 2.05) is 42.5 Å². The Bertz CT molecular complexity index is 906. The van der Waals surface area contributed by atoms with Crippen molar-refractivity contribution in [1.29, 1.82) is 0 Å². The maximum Gasteiger partial charge on any atom is 0.220 e. The molecule has 1 unspecified atom stereocenters. The van der Waals surface area contributed by atoms with Crippen molar-refractivity contribution in [3.8, 4) is 11.3 Å². The number of rotatable bonds is 8. The number of nitrogens with zero attached hydrogens (tertiary/aromatic N) is 1. The lowest BCUT2D eigenvalue weighted by Gasteiger charge is -2.21. The van der Waals surface area contributed by atoms with Gasteiger partial charge in [-0.15, -0.1) is 0 Å². The molecule has 0 aliphatic rings. The monoisotopic (exact) mass is 396 g/mol. The van der Waals surface area contributed by atoms with E-state index in [4.69, 9.17) is 16.0 Å². The van der Waals surface area contributed by atoms with E-state index in [9.17, 15) is 4.79 Å². The predicted molar refractivity (Wildman–Crippen MR) is 112 cm³/mol. The number of hydrogen-bond donors (Lipinski definition) is 1. The van der Waals surface area contributed by atoms with Crippen LogP contribution in [0.3, 0.4) is 0 Å². The SMILES string of the molecule is CC(C)CC(NC(=O)CCc1ncc(-c2ccccc2Cl)o1)c1ccccc1. The van der Waals surface area contributed by atoms with Gasteiger partial charge < -0.3 is 9.73 Å². The van der Waals surface area contributed by atoms with Crippen LogP contribution in [0.5, 0.6) is 0 Å². The van der Waals surface area contributed by atoms with Crippen LogP contribution in [-0.4, -0.2) is 10.9 Å². The first-order valence-corrected chi connectivity index (χ1v) is 9.94. The van der Waals surface area contributed by atoms with E-state index < -0.39 is 0 Å². The highest BCUT2D eigenvalue weighted by molar-refractivity contribution is 6.33. The molecule has 3 rings (SSSR count). The summed E-state index contributed by atoms with van der Waals surface area (Å²) in [5.41, 5.74) is 1.93. The normalized spacial score (nSPS) is 12.1. The number of nitrogens with one attached hydrogen (secondary N) is 1. The Labute approximate surface area is 170 Å². The van der Waals surface area contributed by atoms with Crippen LogP contribution < -0.4 is 5.32 Å². The Morgan fingerprint density at radius 2 is 1.82 bits per heavy atom. The van der Waals surface area contributed by atoms with Crippen LogP contribution in [0.2, 0.25) is 5.02 Å². The molecule has 0 saturated heterocycles. The fraction of sp³-hybridized carbons (Fsp3) is 0.304. The molecule has 4 nitrogen and oxygen atoms in total. The molecule has 5 heteroatoms. The molecule has 0 aliphatic heterocycles. The van der Waals surface area contributed by atoms with Gasteiger partial charge in [0.15, 0.2) is 11.7 Å². The summed E-state index contributed by atoms with van der Waals surface area (Å²) in [5, 5.41) is 3.77. The molecule has 28 heavy (non-hydrogen) atoms. The van der Waals surface area contributed by atoms with Gasteiger partial charge in [0, 0.05) is 18.4 Å². The standard InChI is InChI=1S/C23H25ClN2O2/c1-16(2)14-20(17-8-4-3-5-9-17)26-22(27)12-13-23-25-15-21(28-23)18-10-6-7-11-19(18)24/h3-11,15-16,20H,12-14H2,1-2H3,(H,26,27). The molecule has 1 atom stereocenters. The highest BCUT2D eigenvalue weighted by atomic mass is 35.5. The number of amides is 1. The second-order valence-corrected chi connectivity index (χ2v) is 7.67. The van der Waals surface area contributed by atoms with E-state index in [0.29, 0.717) is 35.4 Å². The maximum absolute atomic E-state index is 12.5. The van der Waals surface area contributed by atoms with Gasteiger partial charge in [0.05, 0.1) is 17.3 Å². The summed E-state index contributed by atoms with van der Waals surface area (Å²) in [6, 6.07) is 17.6. The second-order valence-electron chi connectivity index (χ2n) is 7.26. The summed E-state index contributed by atoms with van der Waals surface area (Å²) < 4.78 is 5.78. The van der Waals surface area contributed by atoms with Crippen molar-refractivity contribution in [2.24, 2.45) is 5.92 Å². The van der Waals surface area contributed by atoms with Gasteiger partial charge in [0.25, 0.3) is 0 Å². The van der Waals surface area contributed by atoms with Gasteiger partial charge in [-0.05, 0) is 30.0 Å². The van der Waals surface area contributed by atoms with Gasteiger partial charge in [-0.1, -0.05) is 67.9 Å². The number of halogens is 1. The van der Waals surface area contributed by atoms with Crippen molar-refractivity contribution in [3.05, 3.63) is 77.3 Å². The van der Waals surface area contributed by atoms with Crippen LogP contribution in [0.1, 0.15) is 44.2 Å². The van der Waals surface area contributed by atoms with E-state index in [0.717, 1.165) is 17.5 Å². The van der Waals surface area contributed by atoms with E-state index >= 15 is 0 Å². The molecule has 0 aliphatic carbocycles. The lowest BCUT2D eigenvalue weighted by Crippen LogP contribution is -2.29. The minimum Gasteiger partial charge on any atom is -0.441 e. The number of aromatic nitrogens is 1. The Morgan fingerprint density at radius 1 is 1.11 bits per heavy atom. The minimum absolute atomic E-state index is 0.00741. The number of oxazole rings is 1. The molecular formula is C23H25ClN2O2. The fourth-order valence-electron chi connectivity index (χ4n) is 3.13. The molecule has 1 amide bonds. The summed E-state index contributed by atoms with van der Waals surface area (Å²) in [7, 11) is 0. The number of carbonyl (C=O) groups is 1. The second kappa shape index (κ2) is 9.56. The summed E-state index contributed by atoms with van der Waals surface area (Å²) in [6.45, 7) is 4.32. The quantitative estimate of drug-likeness (QED) is 0.521. The fourth-order valence-corrected chi connectivity index (χ4v) is 3.36. The highest BCUT2D eigenvalue weighted by Gasteiger charge is 2.17. The van der Waals surface area contributed by atoms with Crippen molar-refractivity contribution >= 4 is 17.5 Å². The lowest BCUT2D eigenvalue weighted by molar-refractivity contribution is -0.122. The third kappa shape index (κ3) is 5.46. The van der Waals surface area contributed by atoms with Gasteiger partial charge in [0.1, 0.15) is 0 Å². The van der Waals surface area contributed by atoms with Crippen LogP contribution in [0.15, 0.2) is 65.2 Å². The van der Waals surface area contributed by atoms with Crippen LogP contribution >= 0.6 is 11.6 Å². The summed E-state index contributed by atoms with van der Waals surface area (Å²) >= 11 is 6.20. The molecule has 1 aromatic heterocycles. The number of carbonyl (C=O) groups excluding carboxylic acids is 1. The van der Waals surface area contributed by atoms with Gasteiger partial charge in [0.2, 0.25) is 5.91 Å². The number of hydrogen-bond acceptors (Lipinski definition) is 3. The summed E-state index contributed by atoms with van der Waals surface area (Å²) in [4.78, 5) is 16.8. The molecule has 0 spiro atoms. The molecule has 0 saturated carbocycles. The molecule has 0 bridgehead atoms. The molecule has 1 N–H and O–H groups in total. The van der Waals surface area contributed by atoms with Gasteiger partial charge >= 0.3 is 0 Å². The average molecular weight is 397 g/mol. The van der Waals surface area contributed by atoms with Crippen molar-refractivity contribution in [3.63, 3.8) is 0 Å². The Balaban J connectivity index is 1.60. The molecule has 0 radical (unpaired) electrons. The van der Waals surface area contributed by atoms with Crippen LogP contribution in [0.4, 0.5) is 0 Å². The highest BCUT2D eigenvalue weighted by Crippen LogP contribution is 2.28. The number of benzene rings is 2. The minimum atomic E-state index is -0.00741. The van der Waals surface area contributed by atoms with Gasteiger partial charge in [-0.3, -0.25) is 4.79 Å². The van der Waals surface area contributed by atoms with Crippen LogP contribution in [-0.2, 0) is 11.2 Å². The first-order valence-electron chi connectivity index (χ1n) is 9.57. The van der Waals surface area contributed by atoms with Gasteiger partial charge in [-0.2, -0.15) is 0 Å². The largest absolute Gasteiger partial charge is 0.441 e. The van der Waals surface area contributed by atoms with Crippen LogP contribution in [0, 0.1) is 5.92 Å². The molecular weight excluding hydrogens is 372 g/mol. The molecule has 3 aromatic rings. The van der Waals surface area contributed by atoms with Crippen molar-refractivity contribution in [1.82, 2.24) is 10.3 Å². The van der Waals surface area contributed by atoms with E-state index in [1.165, 1.54) is 0 Å². The third-order valence-corrected chi connectivity index (χ3v) is 4.83. The predicted octanol–water partition coefficient (Wildman–Crippen LogP) is 5.83. The maximum atomic E-state index is 12.5. The molecule has 0 fully saturated rings. The average Bonchev–Trinajstić information content (AvgIpc) is 3.15. The van der Waals surface area contributed by atoms with E-state index in [-0.39, 0.29) is 11.9 Å². The zero-order chi connectivity index (χ0) is 19.9. The number of aryl methyl sites for hydroxylation is 1. The first-order chi connectivity index (χ1) is 13.5. The van der Waals surface area contributed by atoms with Crippen molar-refractivity contribution in [2.75, 3.05) is 0 Å². The Morgan fingerprint density at radius 3 is 2.54 bits per heavy atom. The molecule has 2 aromatic carbocycles. The topological polar surface area (TPSA) is 55.1 Å². The zero-order valence-electron chi connectivity index (χ0n) is 16.2. The Hall–Kier alpha value is -2.59. The molecule has 1 heterocycles. The smallest absolute Gasteiger partial charge is 0.220 e. The first kappa shape index (κ1) is 20.2. The summed E-state index contributed by atoms with van der Waals surface area (Å²) in [5.74, 6) is 1.62.